The molecule has 0 bridgehead atoms. The molecule has 130 valence electrons. The summed E-state index contributed by atoms with van der Waals surface area (Å²) < 4.78 is 11.1. The number of rotatable bonds is 5. The van der Waals surface area contributed by atoms with E-state index in [4.69, 9.17) is 9.26 Å². The molecule has 1 amide bonds. The smallest absolute Gasteiger partial charge is 0.266 e. The molecule has 0 saturated carbocycles. The molecule has 1 aromatic carbocycles. The van der Waals surface area contributed by atoms with Gasteiger partial charge >= 0.3 is 0 Å². The Morgan fingerprint density at radius 2 is 1.96 bits per heavy atom. The monoisotopic (exact) mass is 330 g/mol. The fraction of sp³-hybridized carbons (Fsp3) is 0.474. The highest BCUT2D eigenvalue weighted by molar-refractivity contribution is 5.93. The molecule has 5 nitrogen and oxygen atoms in total. The Morgan fingerprint density at radius 1 is 1.25 bits per heavy atom. The van der Waals surface area contributed by atoms with Crippen LogP contribution in [0.5, 0.6) is 5.75 Å². The fourth-order valence-corrected chi connectivity index (χ4v) is 2.17. The first-order valence-corrected chi connectivity index (χ1v) is 8.22. The van der Waals surface area contributed by atoms with Gasteiger partial charge in [-0.25, -0.2) is 0 Å². The van der Waals surface area contributed by atoms with Gasteiger partial charge in [-0.15, -0.1) is 0 Å². The van der Waals surface area contributed by atoms with Crippen molar-refractivity contribution in [3.63, 3.8) is 0 Å². The van der Waals surface area contributed by atoms with E-state index in [1.807, 2.05) is 59.7 Å². The zero-order chi connectivity index (χ0) is 17.9. The minimum absolute atomic E-state index is 0.157. The van der Waals surface area contributed by atoms with E-state index in [2.05, 4.69) is 10.5 Å². The molecule has 0 aliphatic rings. The van der Waals surface area contributed by atoms with Gasteiger partial charge in [0.05, 0.1) is 0 Å². The molecule has 1 atom stereocenters. The summed E-state index contributed by atoms with van der Waals surface area (Å²) in [6.07, 6.45) is -0.0233. The molecule has 0 radical (unpaired) electrons. The molecule has 5 heteroatoms. The largest absolute Gasteiger partial charge is 0.481 e. The third-order valence-electron chi connectivity index (χ3n) is 3.92. The highest BCUT2D eigenvalue weighted by atomic mass is 16.5. The second kappa shape index (κ2) is 7.07. The van der Waals surface area contributed by atoms with E-state index < -0.39 is 6.10 Å². The minimum Gasteiger partial charge on any atom is -0.481 e. The van der Waals surface area contributed by atoms with E-state index in [9.17, 15) is 4.79 Å². The van der Waals surface area contributed by atoms with Crippen LogP contribution >= 0.6 is 0 Å². The minimum atomic E-state index is -0.582. The zero-order valence-corrected chi connectivity index (χ0v) is 15.3. The second-order valence-corrected chi connectivity index (χ2v) is 7.08. The number of aromatic nitrogens is 1. The summed E-state index contributed by atoms with van der Waals surface area (Å²) in [6, 6.07) is 7.56. The predicted molar refractivity (Wildman–Crippen MR) is 94.5 cm³/mol. The molecular weight excluding hydrogens is 304 g/mol. The van der Waals surface area contributed by atoms with Gasteiger partial charge in [0.15, 0.2) is 11.9 Å². The summed E-state index contributed by atoms with van der Waals surface area (Å²) >= 11 is 0. The number of benzene rings is 1. The van der Waals surface area contributed by atoms with Crippen LogP contribution in [0.15, 0.2) is 28.8 Å². The van der Waals surface area contributed by atoms with Gasteiger partial charge in [-0.1, -0.05) is 38.9 Å². The Bertz CT molecular complexity index is 714. The van der Waals surface area contributed by atoms with Gasteiger partial charge in [0.1, 0.15) is 11.5 Å². The molecule has 2 rings (SSSR count). The van der Waals surface area contributed by atoms with Crippen molar-refractivity contribution in [2.75, 3.05) is 5.32 Å². The molecule has 0 saturated heterocycles. The lowest BCUT2D eigenvalue weighted by atomic mass is 9.93. The van der Waals surface area contributed by atoms with Gasteiger partial charge < -0.3 is 14.6 Å². The first-order chi connectivity index (χ1) is 11.2. The molecule has 1 heterocycles. The third kappa shape index (κ3) is 4.37. The van der Waals surface area contributed by atoms with E-state index in [0.717, 1.165) is 11.3 Å². The molecule has 0 fully saturated rings. The normalized spacial score (nSPS) is 12.8. The first kappa shape index (κ1) is 18.0. The fourth-order valence-electron chi connectivity index (χ4n) is 2.17. The van der Waals surface area contributed by atoms with Crippen LogP contribution < -0.4 is 10.1 Å². The number of anilines is 1. The van der Waals surface area contributed by atoms with Crippen molar-refractivity contribution in [1.29, 1.82) is 0 Å². The Kier molecular flexibility index (Phi) is 5.32. The van der Waals surface area contributed by atoms with Crippen LogP contribution in [0.25, 0.3) is 0 Å². The van der Waals surface area contributed by atoms with Crippen LogP contribution in [0.1, 0.15) is 51.0 Å². The molecule has 0 aliphatic heterocycles. The average Bonchev–Trinajstić information content (AvgIpc) is 2.97. The van der Waals surface area contributed by atoms with E-state index in [0.29, 0.717) is 18.0 Å². The number of amides is 1. The summed E-state index contributed by atoms with van der Waals surface area (Å²) in [6.45, 7) is 12.0. The molecule has 1 N–H and O–H groups in total. The Morgan fingerprint density at radius 3 is 2.50 bits per heavy atom. The second-order valence-electron chi connectivity index (χ2n) is 7.08. The highest BCUT2D eigenvalue weighted by Gasteiger charge is 2.23. The SMILES string of the molecule is CC[C@H](Oc1ccc(C)c(C)c1)C(=O)Nc1cc(C(C)(C)C)on1. The molecule has 1 aromatic heterocycles. The van der Waals surface area contributed by atoms with Crippen molar-refractivity contribution in [2.45, 2.75) is 59.5 Å². The topological polar surface area (TPSA) is 64.4 Å². The van der Waals surface area contributed by atoms with E-state index in [1.165, 1.54) is 5.56 Å². The lowest BCUT2D eigenvalue weighted by Crippen LogP contribution is -2.32. The van der Waals surface area contributed by atoms with E-state index in [-0.39, 0.29) is 11.3 Å². The number of carbonyl (C=O) groups excluding carboxylic acids is 1. The molecule has 0 unspecified atom stereocenters. The quantitative estimate of drug-likeness (QED) is 0.883. The first-order valence-electron chi connectivity index (χ1n) is 8.22. The lowest BCUT2D eigenvalue weighted by molar-refractivity contribution is -0.122. The Labute approximate surface area is 143 Å². The van der Waals surface area contributed by atoms with Crippen molar-refractivity contribution >= 4 is 11.7 Å². The lowest BCUT2D eigenvalue weighted by Gasteiger charge is -2.17. The van der Waals surface area contributed by atoms with Crippen LogP contribution in [-0.2, 0) is 10.2 Å². The number of nitrogens with one attached hydrogen (secondary N) is 1. The number of nitrogens with zero attached hydrogens (tertiary/aromatic N) is 1. The van der Waals surface area contributed by atoms with Crippen molar-refractivity contribution in [1.82, 2.24) is 5.16 Å². The van der Waals surface area contributed by atoms with Crippen LogP contribution in [0.2, 0.25) is 0 Å². The summed E-state index contributed by atoms with van der Waals surface area (Å²) in [5.74, 6) is 1.59. The van der Waals surface area contributed by atoms with Crippen LogP contribution in [0.3, 0.4) is 0 Å². The number of carbonyl (C=O) groups is 1. The third-order valence-corrected chi connectivity index (χ3v) is 3.92. The summed E-state index contributed by atoms with van der Waals surface area (Å²) in [4.78, 5) is 12.4. The van der Waals surface area contributed by atoms with E-state index >= 15 is 0 Å². The van der Waals surface area contributed by atoms with Gasteiger partial charge in [0.25, 0.3) is 5.91 Å². The summed E-state index contributed by atoms with van der Waals surface area (Å²) in [5.41, 5.74) is 2.17. The van der Waals surface area contributed by atoms with Crippen LogP contribution in [-0.4, -0.2) is 17.2 Å². The number of aryl methyl sites for hydroxylation is 2. The standard InChI is InChI=1S/C19H26N2O3/c1-7-15(23-14-9-8-12(2)13(3)10-14)18(22)20-17-11-16(24-21-17)19(4,5)6/h8-11,15H,7H2,1-6H3,(H,20,21,22)/t15-/m0/s1. The predicted octanol–water partition coefficient (Wildman–Crippen LogP) is 4.39. The van der Waals surface area contributed by atoms with Crippen molar-refractivity contribution in [2.24, 2.45) is 0 Å². The number of hydrogen-bond acceptors (Lipinski definition) is 4. The molecule has 24 heavy (non-hydrogen) atoms. The van der Waals surface area contributed by atoms with Crippen molar-refractivity contribution < 1.29 is 14.1 Å². The highest BCUT2D eigenvalue weighted by Crippen LogP contribution is 2.25. The van der Waals surface area contributed by atoms with Crippen LogP contribution in [0, 0.1) is 13.8 Å². The molecule has 0 aliphatic carbocycles. The Hall–Kier alpha value is -2.30. The van der Waals surface area contributed by atoms with Gasteiger partial charge in [0, 0.05) is 11.5 Å². The van der Waals surface area contributed by atoms with E-state index in [1.54, 1.807) is 6.07 Å². The van der Waals surface area contributed by atoms with Gasteiger partial charge in [0.2, 0.25) is 0 Å². The number of ether oxygens (including phenoxy) is 1. The molecule has 0 spiro atoms. The van der Waals surface area contributed by atoms with Gasteiger partial charge in [-0.2, -0.15) is 0 Å². The Balaban J connectivity index is 2.05. The van der Waals surface area contributed by atoms with Crippen molar-refractivity contribution in [3.05, 3.63) is 41.2 Å². The zero-order valence-electron chi connectivity index (χ0n) is 15.3. The average molecular weight is 330 g/mol. The maximum Gasteiger partial charge on any atom is 0.266 e. The van der Waals surface area contributed by atoms with Gasteiger partial charge in [-0.05, 0) is 43.5 Å². The maximum absolute atomic E-state index is 12.4. The summed E-state index contributed by atoms with van der Waals surface area (Å²) in [7, 11) is 0. The molecule has 2 aromatic rings. The number of hydrogen-bond donors (Lipinski definition) is 1. The molecular formula is C19H26N2O3. The summed E-state index contributed by atoms with van der Waals surface area (Å²) in [5, 5.41) is 6.67. The maximum atomic E-state index is 12.4. The van der Waals surface area contributed by atoms with Crippen LogP contribution in [0.4, 0.5) is 5.82 Å². The van der Waals surface area contributed by atoms with Crippen molar-refractivity contribution in [3.8, 4) is 5.75 Å². The van der Waals surface area contributed by atoms with Gasteiger partial charge in [-0.3, -0.25) is 4.79 Å².